The minimum absolute atomic E-state index is 0.150. The third-order valence-corrected chi connectivity index (χ3v) is 5.20. The van der Waals surface area contributed by atoms with Crippen LogP contribution in [0.5, 0.6) is 0 Å². The van der Waals surface area contributed by atoms with E-state index >= 15 is 0 Å². The Morgan fingerprint density at radius 2 is 1.84 bits per heavy atom. The number of halogens is 1. The number of nitrogens with two attached hydrogens (primary N) is 1. The molecule has 0 spiro atoms. The first kappa shape index (κ1) is 16.0. The second kappa shape index (κ2) is 6.41. The van der Waals surface area contributed by atoms with Gasteiger partial charge in [0.25, 0.3) is 5.91 Å². The van der Waals surface area contributed by atoms with Crippen LogP contribution in [0.3, 0.4) is 0 Å². The van der Waals surface area contributed by atoms with E-state index in [4.69, 9.17) is 17.3 Å². The Labute approximate surface area is 152 Å². The van der Waals surface area contributed by atoms with Gasteiger partial charge in [0, 0.05) is 26.2 Å². The van der Waals surface area contributed by atoms with E-state index in [2.05, 4.69) is 25.1 Å². The molecular formula is C15H14ClN7OS. The lowest BCUT2D eigenvalue weighted by molar-refractivity contribution is 0.1000. The molecule has 0 atom stereocenters. The lowest BCUT2D eigenvalue weighted by Crippen LogP contribution is -2.47. The molecule has 0 unspecified atom stereocenters. The monoisotopic (exact) mass is 375 g/mol. The Kier molecular flexibility index (Phi) is 4.10. The number of rotatable bonds is 3. The van der Waals surface area contributed by atoms with Crippen LogP contribution in [0, 0.1) is 0 Å². The number of anilines is 2. The van der Waals surface area contributed by atoms with Gasteiger partial charge in [0.1, 0.15) is 12.1 Å². The molecule has 0 bridgehead atoms. The maximum atomic E-state index is 11.7. The van der Waals surface area contributed by atoms with E-state index in [0.717, 1.165) is 29.1 Å². The fourth-order valence-electron chi connectivity index (χ4n) is 2.91. The SMILES string of the molecule is NC(=O)c1cc(Cl)nnc1N1CCN(c2ncnc3ccsc23)CC1. The van der Waals surface area contributed by atoms with Crippen molar-refractivity contribution in [1.29, 1.82) is 0 Å². The van der Waals surface area contributed by atoms with Crippen LogP contribution in [0.4, 0.5) is 11.6 Å². The first-order valence-corrected chi connectivity index (χ1v) is 8.90. The normalized spacial score (nSPS) is 14.9. The highest BCUT2D eigenvalue weighted by atomic mass is 35.5. The molecular weight excluding hydrogens is 362 g/mol. The molecule has 25 heavy (non-hydrogen) atoms. The largest absolute Gasteiger partial charge is 0.365 e. The number of amides is 1. The van der Waals surface area contributed by atoms with Gasteiger partial charge < -0.3 is 15.5 Å². The minimum atomic E-state index is -0.565. The van der Waals surface area contributed by atoms with Crippen molar-refractivity contribution in [2.24, 2.45) is 5.73 Å². The summed E-state index contributed by atoms with van der Waals surface area (Å²) >= 11 is 7.46. The van der Waals surface area contributed by atoms with Crippen molar-refractivity contribution in [3.8, 4) is 0 Å². The number of hydrogen-bond donors (Lipinski definition) is 1. The van der Waals surface area contributed by atoms with Crippen LogP contribution in [0.2, 0.25) is 5.15 Å². The van der Waals surface area contributed by atoms with Gasteiger partial charge in [-0.2, -0.15) is 0 Å². The van der Waals surface area contributed by atoms with Crippen molar-refractivity contribution < 1.29 is 4.79 Å². The molecule has 128 valence electrons. The van der Waals surface area contributed by atoms with Gasteiger partial charge in [0.15, 0.2) is 11.0 Å². The number of nitrogens with zero attached hydrogens (tertiary/aromatic N) is 6. The first-order valence-electron chi connectivity index (χ1n) is 7.64. The first-order chi connectivity index (χ1) is 12.1. The van der Waals surface area contributed by atoms with E-state index in [-0.39, 0.29) is 10.7 Å². The minimum Gasteiger partial charge on any atom is -0.365 e. The van der Waals surface area contributed by atoms with Crippen molar-refractivity contribution >= 4 is 50.7 Å². The van der Waals surface area contributed by atoms with Crippen LogP contribution in [-0.4, -0.2) is 52.3 Å². The van der Waals surface area contributed by atoms with E-state index in [1.54, 1.807) is 17.7 Å². The van der Waals surface area contributed by atoms with Crippen LogP contribution >= 0.6 is 22.9 Å². The third-order valence-electron chi connectivity index (χ3n) is 4.11. The van der Waals surface area contributed by atoms with E-state index in [1.165, 1.54) is 6.07 Å². The Morgan fingerprint density at radius 3 is 2.56 bits per heavy atom. The summed E-state index contributed by atoms with van der Waals surface area (Å²) in [6.07, 6.45) is 1.59. The van der Waals surface area contributed by atoms with Gasteiger partial charge in [-0.05, 0) is 17.5 Å². The van der Waals surface area contributed by atoms with Gasteiger partial charge in [-0.15, -0.1) is 21.5 Å². The molecule has 1 amide bonds. The molecule has 8 nitrogen and oxygen atoms in total. The second-order valence-electron chi connectivity index (χ2n) is 5.57. The molecule has 1 fully saturated rings. The number of fused-ring (bicyclic) bond motifs is 1. The number of carbonyl (C=O) groups excluding carboxylic acids is 1. The number of thiophene rings is 1. The summed E-state index contributed by atoms with van der Waals surface area (Å²) in [6.45, 7) is 2.83. The summed E-state index contributed by atoms with van der Waals surface area (Å²) in [6, 6.07) is 3.45. The second-order valence-corrected chi connectivity index (χ2v) is 6.88. The van der Waals surface area contributed by atoms with Gasteiger partial charge in [-0.25, -0.2) is 9.97 Å². The van der Waals surface area contributed by atoms with E-state index in [9.17, 15) is 4.79 Å². The van der Waals surface area contributed by atoms with Crippen LogP contribution in [0.15, 0.2) is 23.8 Å². The van der Waals surface area contributed by atoms with Crippen LogP contribution < -0.4 is 15.5 Å². The smallest absolute Gasteiger partial charge is 0.252 e. The summed E-state index contributed by atoms with van der Waals surface area (Å²) in [7, 11) is 0. The van der Waals surface area contributed by atoms with Crippen LogP contribution in [-0.2, 0) is 0 Å². The third kappa shape index (κ3) is 2.96. The molecule has 4 rings (SSSR count). The molecule has 0 radical (unpaired) electrons. The molecule has 3 aromatic heterocycles. The highest BCUT2D eigenvalue weighted by molar-refractivity contribution is 7.17. The molecule has 3 aromatic rings. The predicted molar refractivity (Wildman–Crippen MR) is 97.4 cm³/mol. The Morgan fingerprint density at radius 1 is 1.12 bits per heavy atom. The van der Waals surface area contributed by atoms with Crippen molar-refractivity contribution in [2.45, 2.75) is 0 Å². The number of hydrogen-bond acceptors (Lipinski definition) is 8. The van der Waals surface area contributed by atoms with Crippen LogP contribution in [0.1, 0.15) is 10.4 Å². The summed E-state index contributed by atoms with van der Waals surface area (Å²) in [5.41, 5.74) is 6.68. The average molecular weight is 376 g/mol. The fourth-order valence-corrected chi connectivity index (χ4v) is 3.92. The molecule has 0 aliphatic carbocycles. The van der Waals surface area contributed by atoms with Gasteiger partial charge in [-0.3, -0.25) is 4.79 Å². The summed E-state index contributed by atoms with van der Waals surface area (Å²) in [5.74, 6) is 0.850. The molecule has 2 N–H and O–H groups in total. The van der Waals surface area contributed by atoms with E-state index < -0.39 is 5.91 Å². The number of primary amides is 1. The predicted octanol–water partition coefficient (Wildman–Crippen LogP) is 1.56. The lowest BCUT2D eigenvalue weighted by Gasteiger charge is -2.36. The van der Waals surface area contributed by atoms with Crippen molar-refractivity contribution in [1.82, 2.24) is 20.2 Å². The maximum absolute atomic E-state index is 11.7. The van der Waals surface area contributed by atoms with E-state index in [1.807, 2.05) is 16.3 Å². The Balaban J connectivity index is 1.56. The molecule has 1 aliphatic heterocycles. The molecule has 4 heterocycles. The van der Waals surface area contributed by atoms with Gasteiger partial charge in [-0.1, -0.05) is 11.6 Å². The molecule has 0 aromatic carbocycles. The zero-order chi connectivity index (χ0) is 17.4. The molecule has 0 saturated carbocycles. The summed E-state index contributed by atoms with van der Waals surface area (Å²) < 4.78 is 1.08. The molecule has 1 saturated heterocycles. The number of carbonyl (C=O) groups is 1. The average Bonchev–Trinajstić information content (AvgIpc) is 3.10. The molecule has 10 heteroatoms. The zero-order valence-electron chi connectivity index (χ0n) is 13.1. The highest BCUT2D eigenvalue weighted by Gasteiger charge is 2.24. The fraction of sp³-hybridized carbons (Fsp3) is 0.267. The quantitative estimate of drug-likeness (QED) is 0.741. The lowest BCUT2D eigenvalue weighted by atomic mass is 10.2. The summed E-state index contributed by atoms with van der Waals surface area (Å²) in [5, 5.41) is 10.1. The Bertz CT molecular complexity index is 939. The van der Waals surface area contributed by atoms with Crippen molar-refractivity contribution in [3.63, 3.8) is 0 Å². The zero-order valence-corrected chi connectivity index (χ0v) is 14.7. The van der Waals surface area contributed by atoms with Crippen molar-refractivity contribution in [3.05, 3.63) is 34.6 Å². The standard InChI is InChI=1S/C15H14ClN7OS/c16-11-7-9(13(17)24)14(21-20-11)22-2-4-23(5-3-22)15-12-10(1-6-25-12)18-8-19-15/h1,6-8H,2-5H2,(H2,17,24). The van der Waals surface area contributed by atoms with Gasteiger partial charge in [0.2, 0.25) is 0 Å². The van der Waals surface area contributed by atoms with Crippen LogP contribution in [0.25, 0.3) is 10.2 Å². The van der Waals surface area contributed by atoms with Gasteiger partial charge in [0.05, 0.1) is 15.8 Å². The highest BCUT2D eigenvalue weighted by Crippen LogP contribution is 2.29. The topological polar surface area (TPSA) is 101 Å². The number of aromatic nitrogens is 4. The number of piperazine rings is 1. The summed E-state index contributed by atoms with van der Waals surface area (Å²) in [4.78, 5) is 24.6. The molecule has 1 aliphatic rings. The van der Waals surface area contributed by atoms with Gasteiger partial charge >= 0.3 is 0 Å². The van der Waals surface area contributed by atoms with E-state index in [0.29, 0.717) is 18.9 Å². The Hall–Kier alpha value is -2.52. The van der Waals surface area contributed by atoms with Crippen molar-refractivity contribution in [2.75, 3.05) is 36.0 Å². The maximum Gasteiger partial charge on any atom is 0.252 e.